The van der Waals surface area contributed by atoms with Crippen LogP contribution in [-0.4, -0.2) is 11.8 Å². The average Bonchev–Trinajstić information content (AvgIpc) is 2.18. The summed E-state index contributed by atoms with van der Waals surface area (Å²) in [4.78, 5) is 11.8. The third-order valence-electron chi connectivity index (χ3n) is 3.12. The normalized spacial score (nSPS) is 29.2. The predicted octanol–water partition coefficient (Wildman–Crippen LogP) is 1.73. The quantitative estimate of drug-likeness (QED) is 0.694. The molecule has 1 rings (SSSR count). The van der Waals surface area contributed by atoms with Gasteiger partial charge in [0.2, 0.25) is 0 Å². The van der Waals surface area contributed by atoms with E-state index in [-0.39, 0.29) is 11.7 Å². The lowest BCUT2D eigenvalue weighted by Crippen LogP contribution is -2.36. The maximum atomic E-state index is 11.8. The molecule has 2 N–H and O–H groups in total. The highest BCUT2D eigenvalue weighted by Crippen LogP contribution is 2.29. The number of nitrogens with two attached hydrogens (primary N) is 1. The van der Waals surface area contributed by atoms with Crippen molar-refractivity contribution in [3.63, 3.8) is 0 Å². The highest BCUT2D eigenvalue weighted by Gasteiger charge is 2.27. The zero-order chi connectivity index (χ0) is 10.6. The van der Waals surface area contributed by atoms with Gasteiger partial charge < -0.3 is 5.73 Å². The number of hydrogen-bond donors (Lipinski definition) is 1. The summed E-state index contributed by atoms with van der Waals surface area (Å²) in [7, 11) is 0. The van der Waals surface area contributed by atoms with Gasteiger partial charge >= 0.3 is 0 Å². The lowest BCUT2D eigenvalue weighted by molar-refractivity contribution is -0.125. The lowest BCUT2D eigenvalue weighted by Gasteiger charge is -2.26. The Morgan fingerprint density at radius 3 is 2.57 bits per heavy atom. The first-order valence-electron chi connectivity index (χ1n) is 5.38. The number of hydrogen-bond acceptors (Lipinski definition) is 2. The summed E-state index contributed by atoms with van der Waals surface area (Å²) in [5.74, 6) is 3.57. The minimum atomic E-state index is -0.432. The summed E-state index contributed by atoms with van der Waals surface area (Å²) in [5, 5.41) is 0. The van der Waals surface area contributed by atoms with E-state index >= 15 is 0 Å². The second kappa shape index (κ2) is 5.17. The number of Topliss-reactive ketones (excluding diaryl/α,β-unsaturated/α-hetero) is 1. The molecule has 0 heterocycles. The van der Waals surface area contributed by atoms with Crippen LogP contribution >= 0.6 is 0 Å². The molecule has 0 aromatic heterocycles. The maximum Gasteiger partial charge on any atom is 0.153 e. The van der Waals surface area contributed by atoms with Gasteiger partial charge in [0.25, 0.3) is 0 Å². The van der Waals surface area contributed by atoms with Crippen LogP contribution in [0.3, 0.4) is 0 Å². The minimum absolute atomic E-state index is 0.176. The van der Waals surface area contributed by atoms with Crippen molar-refractivity contribution in [3.05, 3.63) is 0 Å². The van der Waals surface area contributed by atoms with Crippen LogP contribution in [0.5, 0.6) is 0 Å². The van der Waals surface area contributed by atoms with Crippen molar-refractivity contribution in [2.45, 2.75) is 45.1 Å². The Morgan fingerprint density at radius 2 is 2.07 bits per heavy atom. The van der Waals surface area contributed by atoms with E-state index in [0.717, 1.165) is 31.6 Å². The largest absolute Gasteiger partial charge is 0.321 e. The van der Waals surface area contributed by atoms with Crippen molar-refractivity contribution in [1.82, 2.24) is 0 Å². The fraction of sp³-hybridized carbons (Fsp3) is 0.750. The van der Waals surface area contributed by atoms with Crippen LogP contribution in [0, 0.1) is 24.2 Å². The zero-order valence-corrected chi connectivity index (χ0v) is 8.83. The number of carbonyl (C=O) groups is 1. The number of terminal acetylenes is 1. The Bertz CT molecular complexity index is 233. The Balaban J connectivity index is 2.42. The number of ketones is 1. The highest BCUT2D eigenvalue weighted by atomic mass is 16.1. The van der Waals surface area contributed by atoms with E-state index in [4.69, 9.17) is 12.2 Å². The van der Waals surface area contributed by atoms with E-state index in [1.807, 2.05) is 0 Å². The molecule has 0 bridgehead atoms. The van der Waals surface area contributed by atoms with E-state index in [1.165, 1.54) is 0 Å². The van der Waals surface area contributed by atoms with Crippen LogP contribution in [0.25, 0.3) is 0 Å². The maximum absolute atomic E-state index is 11.8. The van der Waals surface area contributed by atoms with Crippen molar-refractivity contribution in [2.75, 3.05) is 0 Å². The Hall–Kier alpha value is -0.810. The standard InChI is InChI=1S/C12H19NO/c1-3-4-11(13)12(14)10-7-5-9(2)6-8-10/h1,9-11H,4-8,13H2,2H3. The molecule has 78 valence electrons. The molecule has 1 saturated carbocycles. The smallest absolute Gasteiger partial charge is 0.153 e. The molecule has 1 fully saturated rings. The van der Waals surface area contributed by atoms with Crippen LogP contribution in [-0.2, 0) is 4.79 Å². The SMILES string of the molecule is C#CCC(N)C(=O)C1CCC(C)CC1. The molecule has 0 saturated heterocycles. The van der Waals surface area contributed by atoms with E-state index in [9.17, 15) is 4.79 Å². The van der Waals surface area contributed by atoms with Gasteiger partial charge in [0.1, 0.15) is 0 Å². The highest BCUT2D eigenvalue weighted by molar-refractivity contribution is 5.86. The molecule has 2 nitrogen and oxygen atoms in total. The first-order chi connectivity index (χ1) is 6.65. The molecule has 0 aromatic carbocycles. The molecule has 1 aliphatic rings. The first-order valence-corrected chi connectivity index (χ1v) is 5.38. The monoisotopic (exact) mass is 193 g/mol. The van der Waals surface area contributed by atoms with Crippen molar-refractivity contribution >= 4 is 5.78 Å². The molecular formula is C12H19NO. The summed E-state index contributed by atoms with van der Waals surface area (Å²) in [6.45, 7) is 2.24. The van der Waals surface area contributed by atoms with Crippen LogP contribution < -0.4 is 5.73 Å². The lowest BCUT2D eigenvalue weighted by atomic mass is 9.79. The molecule has 0 aromatic rings. The summed E-state index contributed by atoms with van der Waals surface area (Å²) < 4.78 is 0. The Morgan fingerprint density at radius 1 is 1.50 bits per heavy atom. The topological polar surface area (TPSA) is 43.1 Å². The number of rotatable bonds is 3. The van der Waals surface area contributed by atoms with Gasteiger partial charge in [0.15, 0.2) is 5.78 Å². The van der Waals surface area contributed by atoms with Gasteiger partial charge in [0.05, 0.1) is 6.04 Å². The summed E-state index contributed by atoms with van der Waals surface area (Å²) >= 11 is 0. The van der Waals surface area contributed by atoms with Crippen molar-refractivity contribution in [1.29, 1.82) is 0 Å². The second-order valence-corrected chi connectivity index (χ2v) is 4.37. The van der Waals surface area contributed by atoms with Crippen molar-refractivity contribution < 1.29 is 4.79 Å². The third kappa shape index (κ3) is 2.85. The molecule has 0 spiro atoms. The summed E-state index contributed by atoms with van der Waals surface area (Å²) in [5.41, 5.74) is 5.70. The van der Waals surface area contributed by atoms with Gasteiger partial charge in [-0.3, -0.25) is 4.79 Å². The molecule has 2 heteroatoms. The van der Waals surface area contributed by atoms with E-state index in [1.54, 1.807) is 0 Å². The van der Waals surface area contributed by atoms with E-state index in [0.29, 0.717) is 6.42 Å². The molecule has 0 radical (unpaired) electrons. The average molecular weight is 193 g/mol. The molecule has 0 aliphatic heterocycles. The van der Waals surface area contributed by atoms with Gasteiger partial charge in [-0.1, -0.05) is 19.8 Å². The Labute approximate surface area is 86.2 Å². The second-order valence-electron chi connectivity index (χ2n) is 4.37. The summed E-state index contributed by atoms with van der Waals surface area (Å²) in [6, 6.07) is -0.432. The predicted molar refractivity (Wildman–Crippen MR) is 57.6 cm³/mol. The zero-order valence-electron chi connectivity index (χ0n) is 8.83. The summed E-state index contributed by atoms with van der Waals surface area (Å²) in [6.07, 6.45) is 9.82. The van der Waals surface area contributed by atoms with Gasteiger partial charge in [0, 0.05) is 12.3 Å². The number of carbonyl (C=O) groups excluding carboxylic acids is 1. The molecule has 1 atom stereocenters. The fourth-order valence-corrected chi connectivity index (χ4v) is 2.07. The third-order valence-corrected chi connectivity index (χ3v) is 3.12. The van der Waals surface area contributed by atoms with Crippen molar-refractivity contribution in [2.24, 2.45) is 17.6 Å². The molecule has 1 unspecified atom stereocenters. The van der Waals surface area contributed by atoms with Gasteiger partial charge in [-0.05, 0) is 18.8 Å². The van der Waals surface area contributed by atoms with Crippen LogP contribution in [0.2, 0.25) is 0 Å². The van der Waals surface area contributed by atoms with Crippen LogP contribution in [0.15, 0.2) is 0 Å². The fourth-order valence-electron chi connectivity index (χ4n) is 2.07. The molecule has 0 amide bonds. The van der Waals surface area contributed by atoms with Crippen LogP contribution in [0.1, 0.15) is 39.0 Å². The van der Waals surface area contributed by atoms with Crippen LogP contribution in [0.4, 0.5) is 0 Å². The van der Waals surface area contributed by atoms with Gasteiger partial charge in [-0.25, -0.2) is 0 Å². The van der Waals surface area contributed by atoms with E-state index < -0.39 is 6.04 Å². The van der Waals surface area contributed by atoms with Gasteiger partial charge in [-0.15, -0.1) is 12.3 Å². The van der Waals surface area contributed by atoms with Gasteiger partial charge in [-0.2, -0.15) is 0 Å². The molecule has 1 aliphatic carbocycles. The first kappa shape index (κ1) is 11.3. The minimum Gasteiger partial charge on any atom is -0.321 e. The molecule has 14 heavy (non-hydrogen) atoms. The van der Waals surface area contributed by atoms with E-state index in [2.05, 4.69) is 12.8 Å². The van der Waals surface area contributed by atoms with Crippen molar-refractivity contribution in [3.8, 4) is 12.3 Å². The Kier molecular flexibility index (Phi) is 4.16. The molecular weight excluding hydrogens is 174 g/mol.